The van der Waals surface area contributed by atoms with Crippen LogP contribution in [0, 0.1) is 5.82 Å². The molecule has 4 rings (SSSR count). The monoisotopic (exact) mass is 431 g/mol. The number of hydrogen-bond acceptors (Lipinski definition) is 6. The smallest absolute Gasteiger partial charge is 0.250 e. The Labute approximate surface area is 184 Å². The van der Waals surface area contributed by atoms with Gasteiger partial charge in [0, 0.05) is 25.7 Å². The van der Waals surface area contributed by atoms with Crippen molar-refractivity contribution in [1.82, 2.24) is 19.7 Å². The molecule has 2 aromatic heterocycles. The van der Waals surface area contributed by atoms with Gasteiger partial charge in [-0.05, 0) is 36.4 Å². The first kappa shape index (κ1) is 21.0. The fourth-order valence-electron chi connectivity index (χ4n) is 3.52. The summed E-state index contributed by atoms with van der Waals surface area (Å²) in [5, 5.41) is 7.52. The number of hydrogen-bond donors (Lipinski definition) is 2. The molecule has 0 atom stereocenters. The predicted octanol–water partition coefficient (Wildman–Crippen LogP) is 3.34. The maximum Gasteiger partial charge on any atom is 0.250 e. The van der Waals surface area contributed by atoms with Crippen molar-refractivity contribution in [3.05, 3.63) is 79.0 Å². The average molecular weight is 431 g/mol. The summed E-state index contributed by atoms with van der Waals surface area (Å²) in [6.45, 7) is 3.96. The second-order valence-electron chi connectivity index (χ2n) is 7.01. The zero-order valence-electron chi connectivity index (χ0n) is 17.5. The summed E-state index contributed by atoms with van der Waals surface area (Å²) in [7, 11) is 1.64. The van der Waals surface area contributed by atoms with Gasteiger partial charge in [-0.25, -0.2) is 19.0 Å². The van der Waals surface area contributed by atoms with E-state index in [-0.39, 0.29) is 17.5 Å². The van der Waals surface area contributed by atoms with Gasteiger partial charge in [0.2, 0.25) is 5.91 Å². The fourth-order valence-corrected chi connectivity index (χ4v) is 3.52. The summed E-state index contributed by atoms with van der Waals surface area (Å²) in [6.07, 6.45) is 3.07. The van der Waals surface area contributed by atoms with E-state index in [1.807, 2.05) is 30.3 Å². The highest BCUT2D eigenvalue weighted by molar-refractivity contribution is 6.01. The lowest BCUT2D eigenvalue weighted by Gasteiger charge is -2.20. The predicted molar refractivity (Wildman–Crippen MR) is 123 cm³/mol. The zero-order chi connectivity index (χ0) is 22.7. The quantitative estimate of drug-likeness (QED) is 0.435. The molecule has 0 aliphatic rings. The number of carbonyl (C=O) groups excluding carboxylic acids is 1. The molecule has 8 nitrogen and oxygen atoms in total. The highest BCUT2D eigenvalue weighted by Gasteiger charge is 2.20. The number of nitrogens with one attached hydrogen (secondary N) is 1. The molecule has 0 fully saturated rings. The first-order valence-electron chi connectivity index (χ1n) is 9.98. The van der Waals surface area contributed by atoms with E-state index in [1.54, 1.807) is 28.8 Å². The number of nitrogen functional groups attached to an aromatic ring is 1. The van der Waals surface area contributed by atoms with Crippen molar-refractivity contribution in [2.75, 3.05) is 29.5 Å². The summed E-state index contributed by atoms with van der Waals surface area (Å²) in [5.41, 5.74) is 9.58. The van der Waals surface area contributed by atoms with Crippen LogP contribution < -0.4 is 16.0 Å². The Morgan fingerprint density at radius 1 is 1.25 bits per heavy atom. The minimum absolute atomic E-state index is 0.216. The minimum atomic E-state index is -0.376. The van der Waals surface area contributed by atoms with E-state index in [2.05, 4.69) is 21.9 Å². The van der Waals surface area contributed by atoms with Crippen LogP contribution in [0.1, 0.15) is 5.69 Å². The number of para-hydroxylation sites is 1. The van der Waals surface area contributed by atoms with Crippen LogP contribution in [0.3, 0.4) is 0 Å². The topological polar surface area (TPSA) is 102 Å². The van der Waals surface area contributed by atoms with Crippen LogP contribution in [-0.4, -0.2) is 39.2 Å². The maximum atomic E-state index is 14.0. The SMILES string of the molecule is C=CC(=O)N(CCc1nn(-c2ccc(F)c(NC)c2)c2c(N)ncnc12)c1ccccc1. The van der Waals surface area contributed by atoms with Crippen LogP contribution in [0.2, 0.25) is 0 Å². The van der Waals surface area contributed by atoms with Gasteiger partial charge in [0.25, 0.3) is 0 Å². The molecule has 0 saturated carbocycles. The molecule has 0 aliphatic heterocycles. The van der Waals surface area contributed by atoms with Gasteiger partial charge in [-0.1, -0.05) is 24.8 Å². The number of anilines is 3. The van der Waals surface area contributed by atoms with Gasteiger partial charge >= 0.3 is 0 Å². The molecule has 9 heteroatoms. The first-order chi connectivity index (χ1) is 15.5. The Balaban J connectivity index is 1.75. The number of benzene rings is 2. The molecular formula is C23H22FN7O. The zero-order valence-corrected chi connectivity index (χ0v) is 17.5. The Bertz CT molecular complexity index is 1290. The number of nitrogens with zero attached hydrogens (tertiary/aromatic N) is 5. The molecule has 0 spiro atoms. The summed E-state index contributed by atoms with van der Waals surface area (Å²) >= 11 is 0. The third-order valence-electron chi connectivity index (χ3n) is 5.10. The highest BCUT2D eigenvalue weighted by atomic mass is 19.1. The number of nitrogens with two attached hydrogens (primary N) is 1. The van der Waals surface area contributed by atoms with Gasteiger partial charge in [-0.2, -0.15) is 5.10 Å². The van der Waals surface area contributed by atoms with Crippen LogP contribution in [0.5, 0.6) is 0 Å². The number of halogens is 1. The van der Waals surface area contributed by atoms with Gasteiger partial charge in [-0.15, -0.1) is 0 Å². The van der Waals surface area contributed by atoms with E-state index in [0.29, 0.717) is 41.1 Å². The number of fused-ring (bicyclic) bond motifs is 1. The standard InChI is InChI=1S/C23H22FN7O/c1-3-20(32)30(15-7-5-4-6-8-15)12-11-18-21-22(23(25)28-14-27-21)31(29-18)16-9-10-17(24)19(13-16)26-2/h3-10,13-14,26H,1,11-12H2,2H3,(H2,25,27,28). The lowest BCUT2D eigenvalue weighted by molar-refractivity contribution is -0.114. The second-order valence-corrected chi connectivity index (χ2v) is 7.01. The van der Waals surface area contributed by atoms with Crippen LogP contribution >= 0.6 is 0 Å². The van der Waals surface area contributed by atoms with Crippen molar-refractivity contribution < 1.29 is 9.18 Å². The molecule has 0 aliphatic carbocycles. The van der Waals surface area contributed by atoms with E-state index in [0.717, 1.165) is 5.69 Å². The Kier molecular flexibility index (Phi) is 5.80. The molecule has 32 heavy (non-hydrogen) atoms. The summed E-state index contributed by atoms with van der Waals surface area (Å²) < 4.78 is 15.6. The van der Waals surface area contributed by atoms with Crippen molar-refractivity contribution in [1.29, 1.82) is 0 Å². The summed E-state index contributed by atoms with van der Waals surface area (Å²) in [5.74, 6) is -0.337. The highest BCUT2D eigenvalue weighted by Crippen LogP contribution is 2.27. The fraction of sp³-hybridized carbons (Fsp3) is 0.130. The minimum Gasteiger partial charge on any atom is -0.386 e. The Morgan fingerprint density at radius 2 is 2.03 bits per heavy atom. The second kappa shape index (κ2) is 8.84. The first-order valence-corrected chi connectivity index (χ1v) is 9.98. The molecular weight excluding hydrogens is 409 g/mol. The molecule has 0 saturated heterocycles. The number of rotatable bonds is 7. The van der Waals surface area contributed by atoms with E-state index >= 15 is 0 Å². The van der Waals surface area contributed by atoms with Gasteiger partial charge in [0.15, 0.2) is 5.82 Å². The molecule has 1 amide bonds. The average Bonchev–Trinajstić information content (AvgIpc) is 3.20. The lowest BCUT2D eigenvalue weighted by atomic mass is 10.2. The molecule has 0 radical (unpaired) electrons. The van der Waals surface area contributed by atoms with E-state index in [1.165, 1.54) is 18.5 Å². The third-order valence-corrected chi connectivity index (χ3v) is 5.10. The third kappa shape index (κ3) is 3.87. The number of amides is 1. The van der Waals surface area contributed by atoms with E-state index in [4.69, 9.17) is 10.8 Å². The van der Waals surface area contributed by atoms with Gasteiger partial charge in [-0.3, -0.25) is 4.79 Å². The van der Waals surface area contributed by atoms with Gasteiger partial charge in [0.1, 0.15) is 23.2 Å². The molecule has 2 aromatic carbocycles. The van der Waals surface area contributed by atoms with Crippen LogP contribution in [0.15, 0.2) is 67.5 Å². The van der Waals surface area contributed by atoms with Crippen LogP contribution in [-0.2, 0) is 11.2 Å². The number of aromatic nitrogens is 4. The molecule has 2 heterocycles. The van der Waals surface area contributed by atoms with Gasteiger partial charge < -0.3 is 16.0 Å². The molecule has 4 aromatic rings. The van der Waals surface area contributed by atoms with Crippen molar-refractivity contribution >= 4 is 34.1 Å². The molecule has 162 valence electrons. The maximum absolute atomic E-state index is 14.0. The summed E-state index contributed by atoms with van der Waals surface area (Å²) in [6, 6.07) is 13.9. The normalized spacial score (nSPS) is 10.8. The number of carbonyl (C=O) groups is 1. The van der Waals surface area contributed by atoms with Gasteiger partial charge in [0.05, 0.1) is 17.1 Å². The summed E-state index contributed by atoms with van der Waals surface area (Å²) in [4.78, 5) is 22.6. The van der Waals surface area contributed by atoms with Crippen LogP contribution in [0.25, 0.3) is 16.7 Å². The lowest BCUT2D eigenvalue weighted by Crippen LogP contribution is -2.31. The van der Waals surface area contributed by atoms with Crippen molar-refractivity contribution in [3.63, 3.8) is 0 Å². The Hall–Kier alpha value is -4.27. The van der Waals surface area contributed by atoms with Crippen molar-refractivity contribution in [2.45, 2.75) is 6.42 Å². The van der Waals surface area contributed by atoms with E-state index < -0.39 is 0 Å². The van der Waals surface area contributed by atoms with Crippen molar-refractivity contribution in [2.24, 2.45) is 0 Å². The Morgan fingerprint density at radius 3 is 2.75 bits per heavy atom. The largest absolute Gasteiger partial charge is 0.386 e. The van der Waals surface area contributed by atoms with E-state index in [9.17, 15) is 9.18 Å². The van der Waals surface area contributed by atoms with Crippen LogP contribution in [0.4, 0.5) is 21.6 Å². The molecule has 0 bridgehead atoms. The molecule has 0 unspecified atom stereocenters. The van der Waals surface area contributed by atoms with Crippen molar-refractivity contribution in [3.8, 4) is 5.69 Å². The molecule has 3 N–H and O–H groups in total.